The van der Waals surface area contributed by atoms with Crippen molar-refractivity contribution in [3.63, 3.8) is 0 Å². The van der Waals surface area contributed by atoms with E-state index in [-0.39, 0.29) is 0 Å². The summed E-state index contributed by atoms with van der Waals surface area (Å²) in [6.45, 7) is 5.29. The molecule has 7 nitrogen and oxygen atoms in total. The van der Waals surface area contributed by atoms with Gasteiger partial charge >= 0.3 is 0 Å². The van der Waals surface area contributed by atoms with Gasteiger partial charge in [-0.1, -0.05) is 5.16 Å². The Balaban J connectivity index is 1.89. The maximum Gasteiger partial charge on any atom is 0.230 e. The summed E-state index contributed by atoms with van der Waals surface area (Å²) >= 11 is 0. The summed E-state index contributed by atoms with van der Waals surface area (Å²) in [6, 6.07) is 11.1. The summed E-state index contributed by atoms with van der Waals surface area (Å²) in [7, 11) is 3.70. The number of aromatic nitrogens is 1. The normalized spacial score (nSPS) is 15.8. The number of hydrogen-bond donors (Lipinski definition) is 1. The van der Waals surface area contributed by atoms with Gasteiger partial charge in [-0.05, 0) is 50.4 Å². The van der Waals surface area contributed by atoms with Gasteiger partial charge in [0.15, 0.2) is 5.84 Å². The average Bonchev–Trinajstić information content (AvgIpc) is 2.66. The van der Waals surface area contributed by atoms with Crippen molar-refractivity contribution >= 4 is 5.84 Å². The number of aryl methyl sites for hydroxylation is 1. The summed E-state index contributed by atoms with van der Waals surface area (Å²) in [4.78, 5) is 8.80. The minimum atomic E-state index is 0.418. The maximum absolute atomic E-state index is 9.66. The molecular formula is C19H24N4O3. The number of methoxy groups -OCH3 is 1. The number of amidine groups is 1. The molecular weight excluding hydrogens is 332 g/mol. The zero-order valence-corrected chi connectivity index (χ0v) is 15.3. The van der Waals surface area contributed by atoms with Crippen LogP contribution < -0.4 is 9.47 Å². The molecule has 1 fully saturated rings. The first kappa shape index (κ1) is 18.0. The van der Waals surface area contributed by atoms with Crippen LogP contribution in [0.4, 0.5) is 0 Å². The number of rotatable bonds is 4. The third-order valence-electron chi connectivity index (χ3n) is 4.41. The Labute approximate surface area is 153 Å². The first-order chi connectivity index (χ1) is 12.6. The van der Waals surface area contributed by atoms with Crippen molar-refractivity contribution in [2.24, 2.45) is 5.16 Å². The van der Waals surface area contributed by atoms with Crippen LogP contribution in [0.3, 0.4) is 0 Å². The van der Waals surface area contributed by atoms with E-state index in [1.807, 2.05) is 48.2 Å². The van der Waals surface area contributed by atoms with Gasteiger partial charge in [0.1, 0.15) is 11.5 Å². The van der Waals surface area contributed by atoms with Gasteiger partial charge in [0, 0.05) is 31.9 Å². The summed E-state index contributed by atoms with van der Waals surface area (Å²) in [5, 5.41) is 13.2. The molecule has 0 atom stereocenters. The molecule has 1 saturated heterocycles. The lowest BCUT2D eigenvalue weighted by atomic mass is 10.2. The number of hydrogen-bond acceptors (Lipinski definition) is 6. The Hall–Kier alpha value is -2.80. The molecule has 0 aliphatic carbocycles. The number of oxime groups is 1. The van der Waals surface area contributed by atoms with Gasteiger partial charge in [-0.3, -0.25) is 0 Å². The predicted octanol–water partition coefficient (Wildman–Crippen LogP) is 2.57. The minimum absolute atomic E-state index is 0.418. The summed E-state index contributed by atoms with van der Waals surface area (Å²) in [5.74, 6) is 2.29. The first-order valence-corrected chi connectivity index (χ1v) is 8.56. The van der Waals surface area contributed by atoms with E-state index < -0.39 is 0 Å². The molecule has 138 valence electrons. The predicted molar refractivity (Wildman–Crippen MR) is 99.4 cm³/mol. The van der Waals surface area contributed by atoms with Crippen LogP contribution in [0.15, 0.2) is 41.6 Å². The fourth-order valence-electron chi connectivity index (χ4n) is 2.84. The van der Waals surface area contributed by atoms with Crippen molar-refractivity contribution in [1.82, 2.24) is 14.8 Å². The fourth-order valence-corrected chi connectivity index (χ4v) is 2.84. The van der Waals surface area contributed by atoms with Crippen LogP contribution in [-0.2, 0) is 0 Å². The number of likely N-dealkylation sites (N-methyl/N-ethyl adjacent to an activating group) is 1. The second kappa shape index (κ2) is 8.05. The lowest BCUT2D eigenvalue weighted by molar-refractivity contribution is 0.207. The van der Waals surface area contributed by atoms with E-state index in [0.29, 0.717) is 23.0 Å². The second-order valence-electron chi connectivity index (χ2n) is 6.30. The van der Waals surface area contributed by atoms with Crippen molar-refractivity contribution in [3.05, 3.63) is 47.7 Å². The quantitative estimate of drug-likeness (QED) is 0.393. The second-order valence-corrected chi connectivity index (χ2v) is 6.30. The van der Waals surface area contributed by atoms with E-state index in [9.17, 15) is 5.21 Å². The number of ether oxygens (including phenoxy) is 2. The molecule has 0 bridgehead atoms. The summed E-state index contributed by atoms with van der Waals surface area (Å²) in [6.07, 6.45) is 0. The third kappa shape index (κ3) is 4.05. The van der Waals surface area contributed by atoms with Crippen LogP contribution >= 0.6 is 0 Å². The Morgan fingerprint density at radius 1 is 1.04 bits per heavy atom. The molecule has 0 amide bonds. The van der Waals surface area contributed by atoms with Gasteiger partial charge < -0.3 is 24.5 Å². The highest BCUT2D eigenvalue weighted by Crippen LogP contribution is 2.27. The van der Waals surface area contributed by atoms with Gasteiger partial charge in [-0.2, -0.15) is 0 Å². The zero-order valence-electron chi connectivity index (χ0n) is 15.3. The summed E-state index contributed by atoms with van der Waals surface area (Å²) in [5.41, 5.74) is 1.49. The number of nitrogens with zero attached hydrogens (tertiary/aromatic N) is 4. The maximum atomic E-state index is 9.66. The monoisotopic (exact) mass is 356 g/mol. The standard InChI is InChI=1S/C19H24N4O3/c1-14-4-9-17(18(21-24)23-12-10-22(2)11-13-23)19(20-14)26-16-7-5-15(25-3)6-8-16/h4-9,24H,10-13H2,1-3H3/b21-18-. The summed E-state index contributed by atoms with van der Waals surface area (Å²) < 4.78 is 11.2. The highest BCUT2D eigenvalue weighted by Gasteiger charge is 2.23. The minimum Gasteiger partial charge on any atom is -0.497 e. The van der Waals surface area contributed by atoms with Gasteiger partial charge in [0.2, 0.25) is 5.88 Å². The largest absolute Gasteiger partial charge is 0.497 e. The SMILES string of the molecule is COc1ccc(Oc2nc(C)ccc2/C(=N/O)N2CCN(C)CC2)cc1. The van der Waals surface area contributed by atoms with E-state index in [2.05, 4.69) is 22.1 Å². The molecule has 0 saturated carbocycles. The van der Waals surface area contributed by atoms with E-state index >= 15 is 0 Å². The van der Waals surface area contributed by atoms with Crippen molar-refractivity contribution < 1.29 is 14.7 Å². The molecule has 0 spiro atoms. The van der Waals surface area contributed by atoms with Gasteiger partial charge in [0.05, 0.1) is 12.7 Å². The molecule has 1 aliphatic rings. The van der Waals surface area contributed by atoms with Crippen LogP contribution in [0, 0.1) is 6.92 Å². The molecule has 0 radical (unpaired) electrons. The van der Waals surface area contributed by atoms with E-state index in [1.54, 1.807) is 7.11 Å². The third-order valence-corrected chi connectivity index (χ3v) is 4.41. The van der Waals surface area contributed by atoms with Crippen LogP contribution in [0.25, 0.3) is 0 Å². The molecule has 2 aromatic rings. The average molecular weight is 356 g/mol. The Morgan fingerprint density at radius 2 is 1.69 bits per heavy atom. The van der Waals surface area contributed by atoms with E-state index in [0.717, 1.165) is 37.6 Å². The Kier molecular flexibility index (Phi) is 5.58. The number of pyridine rings is 1. The lowest BCUT2D eigenvalue weighted by Crippen LogP contribution is -2.47. The highest BCUT2D eigenvalue weighted by molar-refractivity contribution is 6.00. The molecule has 3 rings (SSSR count). The van der Waals surface area contributed by atoms with Crippen molar-refractivity contribution in [2.45, 2.75) is 6.92 Å². The highest BCUT2D eigenvalue weighted by atomic mass is 16.5. The molecule has 1 aromatic carbocycles. The van der Waals surface area contributed by atoms with Crippen LogP contribution in [0.2, 0.25) is 0 Å². The van der Waals surface area contributed by atoms with E-state index in [1.165, 1.54) is 0 Å². The van der Waals surface area contributed by atoms with Crippen molar-refractivity contribution in [2.75, 3.05) is 40.3 Å². The molecule has 0 unspecified atom stereocenters. The lowest BCUT2D eigenvalue weighted by Gasteiger charge is -2.34. The molecule has 26 heavy (non-hydrogen) atoms. The molecule has 1 N–H and O–H groups in total. The Bertz CT molecular complexity index is 769. The van der Waals surface area contributed by atoms with Gasteiger partial charge in [0.25, 0.3) is 0 Å². The molecule has 1 aliphatic heterocycles. The van der Waals surface area contributed by atoms with E-state index in [4.69, 9.17) is 9.47 Å². The number of piperazine rings is 1. The smallest absolute Gasteiger partial charge is 0.230 e. The number of benzene rings is 1. The van der Waals surface area contributed by atoms with Crippen LogP contribution in [0.1, 0.15) is 11.3 Å². The zero-order chi connectivity index (χ0) is 18.5. The van der Waals surface area contributed by atoms with Gasteiger partial charge in [-0.25, -0.2) is 4.98 Å². The van der Waals surface area contributed by atoms with Crippen LogP contribution in [0.5, 0.6) is 17.4 Å². The van der Waals surface area contributed by atoms with Crippen LogP contribution in [-0.4, -0.2) is 66.2 Å². The molecule has 7 heteroatoms. The topological polar surface area (TPSA) is 70.4 Å². The molecule has 2 heterocycles. The Morgan fingerprint density at radius 3 is 2.31 bits per heavy atom. The van der Waals surface area contributed by atoms with Crippen molar-refractivity contribution in [1.29, 1.82) is 0 Å². The first-order valence-electron chi connectivity index (χ1n) is 8.56. The van der Waals surface area contributed by atoms with Crippen molar-refractivity contribution in [3.8, 4) is 17.4 Å². The fraction of sp³-hybridized carbons (Fsp3) is 0.368. The molecule has 1 aromatic heterocycles. The van der Waals surface area contributed by atoms with Gasteiger partial charge in [-0.15, -0.1) is 0 Å².